The minimum absolute atomic E-state index is 0.160. The third kappa shape index (κ3) is 1.63. The lowest BCUT2D eigenvalue weighted by molar-refractivity contribution is -0.137. The summed E-state index contributed by atoms with van der Waals surface area (Å²) in [4.78, 5) is 21.4. The number of carboxylic acids is 2. The number of anilines is 1. The molecule has 1 aliphatic heterocycles. The van der Waals surface area contributed by atoms with Crippen LogP contribution < -0.4 is 5.32 Å². The predicted molar refractivity (Wildman–Crippen MR) is 52.2 cm³/mol. The summed E-state index contributed by atoms with van der Waals surface area (Å²) in [5, 5.41) is 20.3. The van der Waals surface area contributed by atoms with Crippen molar-refractivity contribution >= 4 is 17.6 Å². The maximum absolute atomic E-state index is 10.7. The molecular weight excluding hydrogens is 198 g/mol. The predicted octanol–water partition coefficient (Wildman–Crippen LogP) is 0.806. The topological polar surface area (TPSA) is 86.6 Å². The molecule has 3 N–H and O–H groups in total. The van der Waals surface area contributed by atoms with Crippen LogP contribution in [0.2, 0.25) is 0 Å². The van der Waals surface area contributed by atoms with Crippen LogP contribution in [0.15, 0.2) is 18.2 Å². The highest BCUT2D eigenvalue weighted by Crippen LogP contribution is 2.26. The number of benzene rings is 1. The normalized spacial score (nSPS) is 18.0. The summed E-state index contributed by atoms with van der Waals surface area (Å²) in [7, 11) is 0. The second-order valence-corrected chi connectivity index (χ2v) is 3.42. The van der Waals surface area contributed by atoms with E-state index in [0.717, 1.165) is 5.56 Å². The third-order valence-corrected chi connectivity index (χ3v) is 2.41. The molecule has 78 valence electrons. The van der Waals surface area contributed by atoms with E-state index in [9.17, 15) is 9.59 Å². The van der Waals surface area contributed by atoms with Crippen molar-refractivity contribution in [1.29, 1.82) is 0 Å². The number of nitrogens with one attached hydrogen (secondary N) is 1. The molecule has 5 nitrogen and oxygen atoms in total. The number of aromatic carboxylic acids is 1. The Kier molecular flexibility index (Phi) is 2.07. The molecule has 5 heteroatoms. The van der Waals surface area contributed by atoms with E-state index in [0.29, 0.717) is 12.1 Å². The first kappa shape index (κ1) is 9.51. The van der Waals surface area contributed by atoms with Gasteiger partial charge in [-0.25, -0.2) is 9.59 Å². The lowest BCUT2D eigenvalue weighted by Crippen LogP contribution is -2.26. The average molecular weight is 207 g/mol. The summed E-state index contributed by atoms with van der Waals surface area (Å²) in [6.45, 7) is 0. The van der Waals surface area contributed by atoms with Gasteiger partial charge in [0, 0.05) is 12.1 Å². The van der Waals surface area contributed by atoms with Gasteiger partial charge in [0.2, 0.25) is 0 Å². The molecule has 0 fully saturated rings. The van der Waals surface area contributed by atoms with Crippen molar-refractivity contribution in [2.45, 2.75) is 12.5 Å². The number of rotatable bonds is 2. The van der Waals surface area contributed by atoms with Gasteiger partial charge in [-0.05, 0) is 17.7 Å². The van der Waals surface area contributed by atoms with E-state index in [-0.39, 0.29) is 5.56 Å². The van der Waals surface area contributed by atoms with Gasteiger partial charge in [0.05, 0.1) is 5.56 Å². The molecule has 1 heterocycles. The minimum atomic E-state index is -1.02. The van der Waals surface area contributed by atoms with E-state index in [1.807, 2.05) is 0 Å². The molecule has 15 heavy (non-hydrogen) atoms. The molecule has 0 radical (unpaired) electrons. The second-order valence-electron chi connectivity index (χ2n) is 3.42. The Labute approximate surface area is 85.3 Å². The zero-order chi connectivity index (χ0) is 11.0. The van der Waals surface area contributed by atoms with Gasteiger partial charge in [-0.15, -0.1) is 0 Å². The molecule has 1 aromatic rings. The summed E-state index contributed by atoms with van der Waals surface area (Å²) in [6, 6.07) is 3.94. The van der Waals surface area contributed by atoms with E-state index in [1.54, 1.807) is 6.07 Å². The number of aliphatic carboxylic acids is 1. The zero-order valence-corrected chi connectivity index (χ0v) is 7.73. The Morgan fingerprint density at radius 3 is 2.67 bits per heavy atom. The van der Waals surface area contributed by atoms with Crippen LogP contribution in [-0.2, 0) is 11.2 Å². The maximum Gasteiger partial charge on any atom is 0.335 e. The molecule has 0 aromatic heterocycles. The third-order valence-electron chi connectivity index (χ3n) is 2.41. The van der Waals surface area contributed by atoms with Crippen LogP contribution >= 0.6 is 0 Å². The molecule has 1 unspecified atom stereocenters. The standard InChI is InChI=1S/C10H9NO4/c12-9(13)6-2-1-5-3-8(10(14)15)11-7(5)4-6/h1-2,4,8,11H,3H2,(H,12,13)(H,14,15). The van der Waals surface area contributed by atoms with E-state index < -0.39 is 18.0 Å². The van der Waals surface area contributed by atoms with Crippen molar-refractivity contribution in [3.63, 3.8) is 0 Å². The summed E-state index contributed by atoms with van der Waals surface area (Å²) in [5.41, 5.74) is 1.60. The number of fused-ring (bicyclic) bond motifs is 1. The van der Waals surface area contributed by atoms with Crippen LogP contribution in [0.4, 0.5) is 5.69 Å². The van der Waals surface area contributed by atoms with E-state index in [1.165, 1.54) is 12.1 Å². The van der Waals surface area contributed by atoms with Gasteiger partial charge >= 0.3 is 11.9 Å². The molecule has 0 saturated carbocycles. The highest BCUT2D eigenvalue weighted by molar-refractivity contribution is 5.90. The summed E-state index contributed by atoms with van der Waals surface area (Å²) in [6.07, 6.45) is 0.393. The molecule has 1 atom stereocenters. The SMILES string of the molecule is O=C(O)c1ccc2c(c1)NC(C(=O)O)C2. The Balaban J connectivity index is 2.31. The van der Waals surface area contributed by atoms with E-state index >= 15 is 0 Å². The molecule has 2 rings (SSSR count). The van der Waals surface area contributed by atoms with Crippen molar-refractivity contribution in [2.24, 2.45) is 0 Å². The highest BCUT2D eigenvalue weighted by Gasteiger charge is 2.26. The Hall–Kier alpha value is -2.04. The average Bonchev–Trinajstić information content (AvgIpc) is 2.59. The van der Waals surface area contributed by atoms with Crippen molar-refractivity contribution in [2.75, 3.05) is 5.32 Å². The van der Waals surface area contributed by atoms with Crippen molar-refractivity contribution in [3.8, 4) is 0 Å². The van der Waals surface area contributed by atoms with E-state index in [2.05, 4.69) is 5.32 Å². The lowest BCUT2D eigenvalue weighted by atomic mass is 10.1. The van der Waals surface area contributed by atoms with Crippen LogP contribution in [0.3, 0.4) is 0 Å². The quantitative estimate of drug-likeness (QED) is 0.667. The number of hydrogen-bond donors (Lipinski definition) is 3. The van der Waals surface area contributed by atoms with Gasteiger partial charge < -0.3 is 15.5 Å². The zero-order valence-electron chi connectivity index (χ0n) is 7.73. The summed E-state index contributed by atoms with van der Waals surface area (Å²) >= 11 is 0. The summed E-state index contributed by atoms with van der Waals surface area (Å²) < 4.78 is 0. The summed E-state index contributed by atoms with van der Waals surface area (Å²) in [5.74, 6) is -1.94. The van der Waals surface area contributed by atoms with Gasteiger partial charge in [0.1, 0.15) is 6.04 Å². The molecule has 0 amide bonds. The van der Waals surface area contributed by atoms with Gasteiger partial charge in [-0.2, -0.15) is 0 Å². The van der Waals surface area contributed by atoms with Gasteiger partial charge in [-0.1, -0.05) is 6.07 Å². The van der Waals surface area contributed by atoms with Crippen molar-refractivity contribution < 1.29 is 19.8 Å². The maximum atomic E-state index is 10.7. The number of carbonyl (C=O) groups is 2. The smallest absolute Gasteiger partial charge is 0.335 e. The van der Waals surface area contributed by atoms with Crippen LogP contribution in [-0.4, -0.2) is 28.2 Å². The van der Waals surface area contributed by atoms with Crippen LogP contribution in [0.1, 0.15) is 15.9 Å². The largest absolute Gasteiger partial charge is 0.480 e. The fraction of sp³-hybridized carbons (Fsp3) is 0.200. The molecule has 0 bridgehead atoms. The highest BCUT2D eigenvalue weighted by atomic mass is 16.4. The lowest BCUT2D eigenvalue weighted by Gasteiger charge is -2.04. The Morgan fingerprint density at radius 2 is 2.07 bits per heavy atom. The van der Waals surface area contributed by atoms with Gasteiger partial charge in [0.25, 0.3) is 0 Å². The number of carboxylic acid groups (broad SMARTS) is 2. The molecule has 0 saturated heterocycles. The first-order valence-corrected chi connectivity index (χ1v) is 4.43. The van der Waals surface area contributed by atoms with Gasteiger partial charge in [0.15, 0.2) is 0 Å². The van der Waals surface area contributed by atoms with Crippen LogP contribution in [0.5, 0.6) is 0 Å². The molecular formula is C10H9NO4. The minimum Gasteiger partial charge on any atom is -0.480 e. The van der Waals surface area contributed by atoms with Crippen molar-refractivity contribution in [3.05, 3.63) is 29.3 Å². The molecule has 0 aliphatic carbocycles. The van der Waals surface area contributed by atoms with Crippen LogP contribution in [0.25, 0.3) is 0 Å². The first-order chi connectivity index (χ1) is 7.08. The van der Waals surface area contributed by atoms with Crippen LogP contribution in [0, 0.1) is 0 Å². The Morgan fingerprint density at radius 1 is 1.33 bits per heavy atom. The second kappa shape index (κ2) is 3.27. The fourth-order valence-electron chi connectivity index (χ4n) is 1.63. The van der Waals surface area contributed by atoms with Gasteiger partial charge in [-0.3, -0.25) is 0 Å². The Bertz CT molecular complexity index is 441. The molecule has 0 spiro atoms. The monoisotopic (exact) mass is 207 g/mol. The first-order valence-electron chi connectivity index (χ1n) is 4.43. The van der Waals surface area contributed by atoms with Crippen molar-refractivity contribution in [1.82, 2.24) is 0 Å². The number of hydrogen-bond acceptors (Lipinski definition) is 3. The molecule has 1 aliphatic rings. The van der Waals surface area contributed by atoms with E-state index in [4.69, 9.17) is 10.2 Å². The fourth-order valence-corrected chi connectivity index (χ4v) is 1.63. The molecule has 1 aromatic carbocycles.